The van der Waals surface area contributed by atoms with Crippen LogP contribution < -0.4 is 0 Å². The molecular formula is C19H34O. The zero-order chi connectivity index (χ0) is 14.7. The molecule has 0 spiro atoms. The van der Waals surface area contributed by atoms with E-state index in [0.717, 1.165) is 19.3 Å². The van der Waals surface area contributed by atoms with Crippen LogP contribution in [0.1, 0.15) is 77.6 Å². The van der Waals surface area contributed by atoms with Gasteiger partial charge in [0.15, 0.2) is 0 Å². The Kier molecular flexibility index (Phi) is 17.4. The highest BCUT2D eigenvalue weighted by atomic mass is 16.2. The third-order valence-electron chi connectivity index (χ3n) is 3.28. The van der Waals surface area contributed by atoms with Gasteiger partial charge in [-0.2, -0.15) is 0 Å². The molecule has 1 heteroatoms. The number of aliphatic hydroxyl groups is 1. The van der Waals surface area contributed by atoms with Crippen molar-refractivity contribution >= 4 is 0 Å². The maximum Gasteiger partial charge on any atom is 0.0431 e. The predicted molar refractivity (Wildman–Crippen MR) is 91.0 cm³/mol. The third kappa shape index (κ3) is 17.2. The van der Waals surface area contributed by atoms with Crippen molar-refractivity contribution in [3.8, 4) is 0 Å². The van der Waals surface area contributed by atoms with Gasteiger partial charge in [0.05, 0.1) is 0 Å². The molecule has 0 radical (unpaired) electrons. The second kappa shape index (κ2) is 18.2. The van der Waals surface area contributed by atoms with Crippen molar-refractivity contribution in [2.24, 2.45) is 0 Å². The zero-order valence-electron chi connectivity index (χ0n) is 13.4. The summed E-state index contributed by atoms with van der Waals surface area (Å²) in [4.78, 5) is 0. The van der Waals surface area contributed by atoms with Crippen molar-refractivity contribution in [3.63, 3.8) is 0 Å². The Morgan fingerprint density at radius 1 is 0.600 bits per heavy atom. The first-order chi connectivity index (χ1) is 9.91. The summed E-state index contributed by atoms with van der Waals surface area (Å²) in [7, 11) is 0. The maximum absolute atomic E-state index is 8.66. The fraction of sp³-hybridized carbons (Fsp3) is 0.684. The lowest BCUT2D eigenvalue weighted by Crippen LogP contribution is -1.83. The van der Waals surface area contributed by atoms with Crippen LogP contribution in [0.2, 0.25) is 0 Å². The van der Waals surface area contributed by atoms with Gasteiger partial charge in [0.25, 0.3) is 0 Å². The molecule has 0 unspecified atom stereocenters. The molecule has 0 fully saturated rings. The highest BCUT2D eigenvalue weighted by Crippen LogP contribution is 2.07. The number of unbranched alkanes of at least 4 members (excludes halogenated alkanes) is 7. The Morgan fingerprint density at radius 2 is 1.10 bits per heavy atom. The molecule has 20 heavy (non-hydrogen) atoms. The van der Waals surface area contributed by atoms with Crippen LogP contribution in [0, 0.1) is 0 Å². The van der Waals surface area contributed by atoms with Gasteiger partial charge in [-0.15, -0.1) is 0 Å². The summed E-state index contributed by atoms with van der Waals surface area (Å²) < 4.78 is 0. The zero-order valence-corrected chi connectivity index (χ0v) is 13.4. The molecule has 116 valence electrons. The van der Waals surface area contributed by atoms with Gasteiger partial charge in [-0.1, -0.05) is 75.5 Å². The topological polar surface area (TPSA) is 20.2 Å². The molecule has 1 nitrogen and oxygen atoms in total. The fourth-order valence-corrected chi connectivity index (χ4v) is 2.03. The molecule has 0 aromatic heterocycles. The lowest BCUT2D eigenvalue weighted by molar-refractivity contribution is 0.282. The number of aliphatic hydroxyl groups excluding tert-OH is 1. The van der Waals surface area contributed by atoms with Gasteiger partial charge in [0.1, 0.15) is 0 Å². The second-order valence-electron chi connectivity index (χ2n) is 5.31. The van der Waals surface area contributed by atoms with Crippen molar-refractivity contribution in [3.05, 3.63) is 36.5 Å². The Morgan fingerprint density at radius 3 is 1.70 bits per heavy atom. The minimum atomic E-state index is 0.352. The fourth-order valence-electron chi connectivity index (χ4n) is 2.03. The van der Waals surface area contributed by atoms with E-state index in [4.69, 9.17) is 5.11 Å². The van der Waals surface area contributed by atoms with Crippen molar-refractivity contribution < 1.29 is 5.11 Å². The van der Waals surface area contributed by atoms with Crippen LogP contribution in [0.25, 0.3) is 0 Å². The molecule has 0 saturated carbocycles. The first kappa shape index (κ1) is 19.2. The minimum absolute atomic E-state index is 0.352. The second-order valence-corrected chi connectivity index (χ2v) is 5.31. The minimum Gasteiger partial charge on any atom is -0.396 e. The summed E-state index contributed by atoms with van der Waals surface area (Å²) >= 11 is 0. The first-order valence-electron chi connectivity index (χ1n) is 8.47. The van der Waals surface area contributed by atoms with Gasteiger partial charge in [0, 0.05) is 6.61 Å². The van der Waals surface area contributed by atoms with Crippen LogP contribution in [0.3, 0.4) is 0 Å². The van der Waals surface area contributed by atoms with Crippen LogP contribution in [0.15, 0.2) is 36.5 Å². The summed E-state index contributed by atoms with van der Waals surface area (Å²) in [5.74, 6) is 0. The van der Waals surface area contributed by atoms with Crippen LogP contribution in [0.5, 0.6) is 0 Å². The third-order valence-corrected chi connectivity index (χ3v) is 3.28. The Balaban J connectivity index is 3.21. The molecule has 0 bridgehead atoms. The van der Waals surface area contributed by atoms with Crippen LogP contribution in [-0.2, 0) is 0 Å². The maximum atomic E-state index is 8.66. The van der Waals surface area contributed by atoms with Crippen molar-refractivity contribution in [1.29, 1.82) is 0 Å². The Bertz CT molecular complexity index is 250. The van der Waals surface area contributed by atoms with E-state index in [1.807, 2.05) is 0 Å². The first-order valence-corrected chi connectivity index (χ1v) is 8.47. The van der Waals surface area contributed by atoms with Gasteiger partial charge in [-0.3, -0.25) is 0 Å². The summed E-state index contributed by atoms with van der Waals surface area (Å²) in [6.07, 6.45) is 26.8. The number of allylic oxidation sites excluding steroid dienone is 6. The molecule has 0 rings (SSSR count). The molecule has 0 heterocycles. The average Bonchev–Trinajstić information content (AvgIpc) is 2.47. The number of hydrogen-bond acceptors (Lipinski definition) is 1. The number of rotatable bonds is 14. The summed E-state index contributed by atoms with van der Waals surface area (Å²) in [5, 5.41) is 8.66. The molecule has 0 amide bonds. The lowest BCUT2D eigenvalue weighted by Gasteiger charge is -1.98. The summed E-state index contributed by atoms with van der Waals surface area (Å²) in [6, 6.07) is 0. The molecule has 0 saturated heterocycles. The van der Waals surface area contributed by atoms with Crippen LogP contribution in [-0.4, -0.2) is 11.7 Å². The Labute approximate surface area is 126 Å². The SMILES string of the molecule is CCCC=CC/C=C/C/C=C/CCCCCCCCO. The molecule has 0 aliphatic heterocycles. The molecule has 0 atom stereocenters. The van der Waals surface area contributed by atoms with E-state index in [1.54, 1.807) is 0 Å². The van der Waals surface area contributed by atoms with E-state index in [2.05, 4.69) is 43.4 Å². The molecule has 0 aromatic rings. The van der Waals surface area contributed by atoms with Gasteiger partial charge in [0.2, 0.25) is 0 Å². The standard InChI is InChI=1S/C19H34O/c1-2-3-4-5-6-7-8-9-10-11-12-13-14-15-16-17-18-19-20/h4-5,7-8,10-11,20H,2-3,6,9,12-19H2,1H3/b5-4?,8-7+,11-10+. The van der Waals surface area contributed by atoms with E-state index in [-0.39, 0.29) is 0 Å². The van der Waals surface area contributed by atoms with E-state index in [0.29, 0.717) is 6.61 Å². The Hall–Kier alpha value is -0.820. The molecule has 0 aliphatic carbocycles. The molecule has 0 aromatic carbocycles. The van der Waals surface area contributed by atoms with E-state index < -0.39 is 0 Å². The van der Waals surface area contributed by atoms with Gasteiger partial charge in [-0.05, 0) is 38.5 Å². The predicted octanol–water partition coefficient (Wildman–Crippen LogP) is 5.96. The van der Waals surface area contributed by atoms with Crippen LogP contribution >= 0.6 is 0 Å². The average molecular weight is 278 g/mol. The summed E-state index contributed by atoms with van der Waals surface area (Å²) in [6.45, 7) is 2.56. The van der Waals surface area contributed by atoms with Crippen molar-refractivity contribution in [2.45, 2.75) is 77.6 Å². The smallest absolute Gasteiger partial charge is 0.0431 e. The molecule has 1 N–H and O–H groups in total. The van der Waals surface area contributed by atoms with Crippen molar-refractivity contribution in [2.75, 3.05) is 6.61 Å². The van der Waals surface area contributed by atoms with Gasteiger partial charge >= 0.3 is 0 Å². The quantitative estimate of drug-likeness (QED) is 0.307. The van der Waals surface area contributed by atoms with Gasteiger partial charge in [-0.25, -0.2) is 0 Å². The highest BCUT2D eigenvalue weighted by molar-refractivity contribution is 4.97. The van der Waals surface area contributed by atoms with Crippen molar-refractivity contribution in [1.82, 2.24) is 0 Å². The number of hydrogen-bond donors (Lipinski definition) is 1. The highest BCUT2D eigenvalue weighted by Gasteiger charge is 1.89. The molecular weight excluding hydrogens is 244 g/mol. The normalized spacial score (nSPS) is 12.3. The lowest BCUT2D eigenvalue weighted by atomic mass is 10.1. The van der Waals surface area contributed by atoms with E-state index in [1.165, 1.54) is 51.4 Å². The van der Waals surface area contributed by atoms with Gasteiger partial charge < -0.3 is 5.11 Å². The van der Waals surface area contributed by atoms with E-state index in [9.17, 15) is 0 Å². The van der Waals surface area contributed by atoms with Crippen LogP contribution in [0.4, 0.5) is 0 Å². The largest absolute Gasteiger partial charge is 0.396 e. The van der Waals surface area contributed by atoms with E-state index >= 15 is 0 Å². The molecule has 0 aliphatic rings. The summed E-state index contributed by atoms with van der Waals surface area (Å²) in [5.41, 5.74) is 0. The monoisotopic (exact) mass is 278 g/mol.